The molecule has 6 heteroatoms. The van der Waals surface area contributed by atoms with Gasteiger partial charge in [-0.05, 0) is 42.8 Å². The van der Waals surface area contributed by atoms with Crippen molar-refractivity contribution in [2.45, 2.75) is 30.0 Å². The Morgan fingerprint density at radius 1 is 1.14 bits per heavy atom. The van der Waals surface area contributed by atoms with Crippen molar-refractivity contribution in [3.8, 4) is 0 Å². The van der Waals surface area contributed by atoms with Crippen molar-refractivity contribution in [1.82, 2.24) is 4.98 Å². The van der Waals surface area contributed by atoms with Crippen molar-refractivity contribution in [2.75, 3.05) is 5.32 Å². The third-order valence-corrected chi connectivity index (χ3v) is 3.66. The van der Waals surface area contributed by atoms with Gasteiger partial charge in [0.05, 0.1) is 17.9 Å². The lowest BCUT2D eigenvalue weighted by atomic mass is 10.1. The van der Waals surface area contributed by atoms with Crippen molar-refractivity contribution < 1.29 is 13.2 Å². The maximum atomic E-state index is 12.9. The van der Waals surface area contributed by atoms with Gasteiger partial charge in [0, 0.05) is 10.6 Å². The van der Waals surface area contributed by atoms with Gasteiger partial charge in [-0.15, -0.1) is 0 Å². The summed E-state index contributed by atoms with van der Waals surface area (Å²) in [6.45, 7) is 1.99. The minimum Gasteiger partial charge on any atom is -0.377 e. The fourth-order valence-corrected chi connectivity index (χ4v) is 2.41. The summed E-state index contributed by atoms with van der Waals surface area (Å²) < 4.78 is 37.4. The molecular weight excluding hydrogens is 297 g/mol. The molecule has 1 aromatic carbocycles. The SMILES string of the molecule is CCC(Nc1ccc(SC(F)F)cc1)c1ccc(F)cn1. The molecule has 2 aromatic rings. The van der Waals surface area contributed by atoms with Crippen LogP contribution in [0.5, 0.6) is 0 Å². The highest BCUT2D eigenvalue weighted by Crippen LogP contribution is 2.27. The van der Waals surface area contributed by atoms with E-state index in [0.29, 0.717) is 16.7 Å². The molecule has 1 unspecified atom stereocenters. The molecule has 0 aliphatic heterocycles. The van der Waals surface area contributed by atoms with Crippen molar-refractivity contribution in [1.29, 1.82) is 0 Å². The standard InChI is InChI=1S/C15H15F3N2S/c1-2-13(14-8-3-10(16)9-19-14)20-11-4-6-12(7-5-11)21-15(17)18/h3-9,13,15,20H,2H2,1H3. The first kappa shape index (κ1) is 15.7. The number of rotatable bonds is 6. The number of alkyl halides is 2. The van der Waals surface area contributed by atoms with E-state index in [1.165, 1.54) is 12.3 Å². The number of nitrogens with zero attached hydrogens (tertiary/aromatic N) is 1. The van der Waals surface area contributed by atoms with Crippen LogP contribution in [0.25, 0.3) is 0 Å². The van der Waals surface area contributed by atoms with E-state index in [1.54, 1.807) is 30.3 Å². The van der Waals surface area contributed by atoms with E-state index in [0.717, 1.165) is 17.8 Å². The monoisotopic (exact) mass is 312 g/mol. The first-order chi connectivity index (χ1) is 10.1. The van der Waals surface area contributed by atoms with Gasteiger partial charge in [0.25, 0.3) is 5.76 Å². The molecule has 1 atom stereocenters. The Morgan fingerprint density at radius 3 is 2.38 bits per heavy atom. The highest BCUT2D eigenvalue weighted by Gasteiger charge is 2.11. The van der Waals surface area contributed by atoms with E-state index < -0.39 is 5.76 Å². The number of anilines is 1. The van der Waals surface area contributed by atoms with Gasteiger partial charge in [-0.2, -0.15) is 8.78 Å². The summed E-state index contributed by atoms with van der Waals surface area (Å²) in [6, 6.07) is 9.73. The largest absolute Gasteiger partial charge is 0.377 e. The van der Waals surface area contributed by atoms with Crippen LogP contribution in [0.4, 0.5) is 18.9 Å². The summed E-state index contributed by atoms with van der Waals surface area (Å²) in [7, 11) is 0. The average Bonchev–Trinajstić information content (AvgIpc) is 2.47. The highest BCUT2D eigenvalue weighted by atomic mass is 32.2. The zero-order valence-electron chi connectivity index (χ0n) is 11.4. The number of thioether (sulfide) groups is 1. The maximum absolute atomic E-state index is 12.9. The van der Waals surface area contributed by atoms with Crippen molar-refractivity contribution >= 4 is 17.4 Å². The quantitative estimate of drug-likeness (QED) is 0.751. The first-order valence-corrected chi connectivity index (χ1v) is 7.39. The van der Waals surface area contributed by atoms with Crippen LogP contribution < -0.4 is 5.32 Å². The molecule has 0 spiro atoms. The molecule has 0 amide bonds. The molecule has 0 bridgehead atoms. The van der Waals surface area contributed by atoms with Gasteiger partial charge in [0.15, 0.2) is 0 Å². The van der Waals surface area contributed by atoms with Gasteiger partial charge in [0.1, 0.15) is 5.82 Å². The topological polar surface area (TPSA) is 24.9 Å². The van der Waals surface area contributed by atoms with Crippen molar-refractivity contribution in [3.63, 3.8) is 0 Å². The van der Waals surface area contributed by atoms with E-state index in [2.05, 4.69) is 10.3 Å². The van der Waals surface area contributed by atoms with Crippen LogP contribution in [-0.2, 0) is 0 Å². The number of aromatic nitrogens is 1. The van der Waals surface area contributed by atoms with Crippen LogP contribution in [0.3, 0.4) is 0 Å². The lowest BCUT2D eigenvalue weighted by molar-refractivity contribution is 0.252. The number of hydrogen-bond donors (Lipinski definition) is 1. The van der Waals surface area contributed by atoms with Crippen LogP contribution in [0.15, 0.2) is 47.5 Å². The second kappa shape index (κ2) is 7.36. The van der Waals surface area contributed by atoms with Crippen LogP contribution in [-0.4, -0.2) is 10.7 Å². The fraction of sp³-hybridized carbons (Fsp3) is 0.267. The molecule has 1 N–H and O–H groups in total. The highest BCUT2D eigenvalue weighted by molar-refractivity contribution is 7.99. The second-order valence-electron chi connectivity index (χ2n) is 4.41. The summed E-state index contributed by atoms with van der Waals surface area (Å²) >= 11 is 0.515. The predicted octanol–water partition coefficient (Wildman–Crippen LogP) is 5.10. The lowest BCUT2D eigenvalue weighted by Crippen LogP contribution is -2.11. The molecule has 0 saturated carbocycles. The van der Waals surface area contributed by atoms with Crippen LogP contribution in [0, 0.1) is 5.82 Å². The summed E-state index contributed by atoms with van der Waals surface area (Å²) in [4.78, 5) is 4.58. The van der Waals surface area contributed by atoms with E-state index in [-0.39, 0.29) is 11.9 Å². The molecule has 0 aliphatic rings. The normalized spacial score (nSPS) is 12.4. The first-order valence-electron chi connectivity index (χ1n) is 6.51. The van der Waals surface area contributed by atoms with Crippen molar-refractivity contribution in [2.24, 2.45) is 0 Å². The maximum Gasteiger partial charge on any atom is 0.288 e. The summed E-state index contributed by atoms with van der Waals surface area (Å²) in [6.07, 6.45) is 1.95. The molecule has 2 nitrogen and oxygen atoms in total. The predicted molar refractivity (Wildman–Crippen MR) is 79.2 cm³/mol. The number of hydrogen-bond acceptors (Lipinski definition) is 3. The molecule has 0 aliphatic carbocycles. The molecule has 21 heavy (non-hydrogen) atoms. The zero-order chi connectivity index (χ0) is 15.2. The Bertz CT molecular complexity index is 558. The second-order valence-corrected chi connectivity index (χ2v) is 5.47. The minimum absolute atomic E-state index is 0.0563. The summed E-state index contributed by atoms with van der Waals surface area (Å²) in [5.41, 5.74) is 1.55. The van der Waals surface area contributed by atoms with Gasteiger partial charge in [-0.25, -0.2) is 4.39 Å². The Labute approximate surface area is 125 Å². The Balaban J connectivity index is 2.06. The van der Waals surface area contributed by atoms with Crippen LogP contribution >= 0.6 is 11.8 Å². The molecule has 0 fully saturated rings. The zero-order valence-corrected chi connectivity index (χ0v) is 12.2. The molecular formula is C15H15F3N2S. The summed E-state index contributed by atoms with van der Waals surface area (Å²) in [5.74, 6) is -2.79. The number of pyridine rings is 1. The van der Waals surface area contributed by atoms with E-state index >= 15 is 0 Å². The van der Waals surface area contributed by atoms with Gasteiger partial charge in [0.2, 0.25) is 0 Å². The van der Waals surface area contributed by atoms with E-state index in [4.69, 9.17) is 0 Å². The van der Waals surface area contributed by atoms with Gasteiger partial charge >= 0.3 is 0 Å². The molecule has 0 saturated heterocycles. The van der Waals surface area contributed by atoms with E-state index in [1.807, 2.05) is 6.92 Å². The molecule has 1 heterocycles. The molecule has 1 aromatic heterocycles. The van der Waals surface area contributed by atoms with Gasteiger partial charge in [-0.1, -0.05) is 18.7 Å². The molecule has 2 rings (SSSR count). The van der Waals surface area contributed by atoms with Crippen molar-refractivity contribution in [3.05, 3.63) is 54.1 Å². The molecule has 0 radical (unpaired) electrons. The fourth-order valence-electron chi connectivity index (χ4n) is 1.91. The third-order valence-electron chi connectivity index (χ3n) is 2.94. The van der Waals surface area contributed by atoms with Crippen LogP contribution in [0.2, 0.25) is 0 Å². The Kier molecular flexibility index (Phi) is 5.50. The van der Waals surface area contributed by atoms with Gasteiger partial charge in [-0.3, -0.25) is 4.98 Å². The smallest absolute Gasteiger partial charge is 0.288 e. The van der Waals surface area contributed by atoms with Gasteiger partial charge < -0.3 is 5.32 Å². The van der Waals surface area contributed by atoms with E-state index in [9.17, 15) is 13.2 Å². The average molecular weight is 312 g/mol. The third kappa shape index (κ3) is 4.67. The number of nitrogens with one attached hydrogen (secondary N) is 1. The number of benzene rings is 1. The minimum atomic E-state index is -2.42. The summed E-state index contributed by atoms with van der Waals surface area (Å²) in [5, 5.41) is 3.26. The van der Waals surface area contributed by atoms with Crippen LogP contribution in [0.1, 0.15) is 25.1 Å². The Hall–Kier alpha value is -1.69. The lowest BCUT2D eigenvalue weighted by Gasteiger charge is -2.18. The Morgan fingerprint density at radius 2 is 1.86 bits per heavy atom. The number of halogens is 3. The molecule has 112 valence electrons.